The Morgan fingerprint density at radius 1 is 0.804 bits per heavy atom. The molecule has 4 rings (SSSR count). The van der Waals surface area contributed by atoms with Gasteiger partial charge in [-0.05, 0) is 68.7 Å². The van der Waals surface area contributed by atoms with Crippen LogP contribution in [0.3, 0.4) is 0 Å². The van der Waals surface area contributed by atoms with Crippen molar-refractivity contribution >= 4 is 50.7 Å². The van der Waals surface area contributed by atoms with Gasteiger partial charge in [-0.3, -0.25) is 13.9 Å². The molecule has 4 aromatic carbocycles. The molecule has 1 N–H and O–H groups in total. The van der Waals surface area contributed by atoms with Crippen molar-refractivity contribution in [3.05, 3.63) is 129 Å². The fraction of sp³-hybridized carbons (Fsp3) is 0.278. The van der Waals surface area contributed by atoms with E-state index in [0.717, 1.165) is 26.6 Å². The zero-order chi connectivity index (χ0) is 33.4. The first-order valence-electron chi connectivity index (χ1n) is 15.1. The molecule has 0 heterocycles. The summed E-state index contributed by atoms with van der Waals surface area (Å²) in [4.78, 5) is 30.0. The highest BCUT2D eigenvalue weighted by atomic mass is 35.5. The van der Waals surface area contributed by atoms with E-state index in [1.807, 2.05) is 82.3 Å². The van der Waals surface area contributed by atoms with Crippen molar-refractivity contribution in [1.82, 2.24) is 10.2 Å². The Balaban J connectivity index is 1.82. The normalized spacial score (nSPS) is 12.7. The van der Waals surface area contributed by atoms with Crippen molar-refractivity contribution in [3.8, 4) is 0 Å². The number of aryl methyl sites for hydroxylation is 2. The van der Waals surface area contributed by atoms with Gasteiger partial charge in [-0.1, -0.05) is 108 Å². The number of carbonyl (C=O) groups is 2. The summed E-state index contributed by atoms with van der Waals surface area (Å²) in [6.07, 6.45) is 0.938. The highest BCUT2D eigenvalue weighted by Crippen LogP contribution is 2.31. The monoisotopic (exact) mass is 679 g/mol. The lowest BCUT2D eigenvalue weighted by molar-refractivity contribution is -0.140. The van der Waals surface area contributed by atoms with Gasteiger partial charge in [0.25, 0.3) is 10.0 Å². The summed E-state index contributed by atoms with van der Waals surface area (Å²) in [5.41, 5.74) is 3.77. The first-order valence-corrected chi connectivity index (χ1v) is 17.3. The number of hydrogen-bond acceptors (Lipinski definition) is 4. The molecule has 0 fully saturated rings. The molecule has 46 heavy (non-hydrogen) atoms. The van der Waals surface area contributed by atoms with Crippen molar-refractivity contribution in [2.75, 3.05) is 10.8 Å². The molecule has 0 unspecified atom stereocenters. The first-order chi connectivity index (χ1) is 21.9. The lowest BCUT2D eigenvalue weighted by Crippen LogP contribution is -2.54. The number of sulfonamides is 1. The molecule has 0 bridgehead atoms. The number of hydrogen-bond donors (Lipinski definition) is 1. The van der Waals surface area contributed by atoms with Crippen LogP contribution in [-0.4, -0.2) is 43.8 Å². The Morgan fingerprint density at radius 2 is 1.41 bits per heavy atom. The third-order valence-electron chi connectivity index (χ3n) is 7.82. The predicted octanol–water partition coefficient (Wildman–Crippen LogP) is 7.36. The maximum absolute atomic E-state index is 14.6. The molecule has 0 aliphatic heterocycles. The van der Waals surface area contributed by atoms with E-state index < -0.39 is 28.5 Å². The number of rotatable bonds is 13. The smallest absolute Gasteiger partial charge is 0.264 e. The molecule has 0 saturated carbocycles. The first kappa shape index (κ1) is 35.0. The van der Waals surface area contributed by atoms with Crippen LogP contribution < -0.4 is 9.62 Å². The molecule has 0 saturated heterocycles. The second-order valence-corrected chi connectivity index (χ2v) is 14.1. The van der Waals surface area contributed by atoms with Crippen molar-refractivity contribution in [3.63, 3.8) is 0 Å². The van der Waals surface area contributed by atoms with Crippen LogP contribution in [0.25, 0.3) is 0 Å². The number of amides is 2. The van der Waals surface area contributed by atoms with Crippen LogP contribution in [-0.2, 0) is 32.6 Å². The minimum atomic E-state index is -4.25. The van der Waals surface area contributed by atoms with Gasteiger partial charge in [0.15, 0.2) is 0 Å². The topological polar surface area (TPSA) is 86.8 Å². The zero-order valence-electron chi connectivity index (χ0n) is 26.4. The van der Waals surface area contributed by atoms with Gasteiger partial charge < -0.3 is 10.2 Å². The van der Waals surface area contributed by atoms with Gasteiger partial charge in [-0.2, -0.15) is 0 Å². The average Bonchev–Trinajstić information content (AvgIpc) is 3.04. The molecule has 7 nitrogen and oxygen atoms in total. The summed E-state index contributed by atoms with van der Waals surface area (Å²) in [5.74, 6) is -0.872. The minimum Gasteiger partial charge on any atom is -0.352 e. The maximum Gasteiger partial charge on any atom is 0.264 e. The molecule has 242 valence electrons. The Hall–Kier alpha value is -3.85. The summed E-state index contributed by atoms with van der Waals surface area (Å²) >= 11 is 12.5. The van der Waals surface area contributed by atoms with Crippen LogP contribution in [0.5, 0.6) is 0 Å². The molecule has 0 radical (unpaired) electrons. The third-order valence-corrected chi connectivity index (χ3v) is 10.4. The standard InChI is InChI=1S/C36H39Cl2N3O4S/c1-5-27(4)39-36(43)34(21-28-9-7-6-8-10-28)40(23-29-15-11-25(2)12-16-29)35(42)24-41(30-17-20-32(37)33(38)22-30)46(44,45)31-18-13-26(3)14-19-31/h6-20,22,27,34H,5,21,23-24H2,1-4H3,(H,39,43)/t27-,34+/m0/s1. The third kappa shape index (κ3) is 8.90. The Kier molecular flexibility index (Phi) is 11.9. The second-order valence-electron chi connectivity index (χ2n) is 11.5. The van der Waals surface area contributed by atoms with Crippen LogP contribution in [0.2, 0.25) is 10.0 Å². The van der Waals surface area contributed by atoms with Crippen molar-refractivity contribution in [1.29, 1.82) is 0 Å². The van der Waals surface area contributed by atoms with E-state index >= 15 is 0 Å². The van der Waals surface area contributed by atoms with E-state index in [1.165, 1.54) is 35.2 Å². The largest absolute Gasteiger partial charge is 0.352 e. The summed E-state index contributed by atoms with van der Waals surface area (Å²) in [6, 6.07) is 26.9. The van der Waals surface area contributed by atoms with Crippen molar-refractivity contribution < 1.29 is 18.0 Å². The van der Waals surface area contributed by atoms with Crippen LogP contribution in [0, 0.1) is 13.8 Å². The van der Waals surface area contributed by atoms with Gasteiger partial charge in [-0.15, -0.1) is 0 Å². The van der Waals surface area contributed by atoms with Gasteiger partial charge >= 0.3 is 0 Å². The molecule has 0 aliphatic rings. The van der Waals surface area contributed by atoms with E-state index in [9.17, 15) is 18.0 Å². The van der Waals surface area contributed by atoms with E-state index in [-0.39, 0.29) is 45.5 Å². The Bertz CT molecular complexity index is 1750. The van der Waals surface area contributed by atoms with Gasteiger partial charge in [0.05, 0.1) is 20.6 Å². The maximum atomic E-state index is 14.6. The number of benzene rings is 4. The zero-order valence-corrected chi connectivity index (χ0v) is 28.7. The molecule has 0 aromatic heterocycles. The SMILES string of the molecule is CC[C@H](C)NC(=O)[C@@H](Cc1ccccc1)N(Cc1ccc(C)cc1)C(=O)CN(c1ccc(Cl)c(Cl)c1)S(=O)(=O)c1ccc(C)cc1. The van der Waals surface area contributed by atoms with Crippen molar-refractivity contribution in [2.45, 2.75) is 64.1 Å². The summed E-state index contributed by atoms with van der Waals surface area (Å²) in [6.45, 7) is 7.21. The average molecular weight is 681 g/mol. The molecule has 2 atom stereocenters. The van der Waals surface area contributed by atoms with E-state index in [4.69, 9.17) is 23.2 Å². The van der Waals surface area contributed by atoms with Gasteiger partial charge in [0.2, 0.25) is 11.8 Å². The summed E-state index contributed by atoms with van der Waals surface area (Å²) in [7, 11) is -4.25. The fourth-order valence-corrected chi connectivity index (χ4v) is 6.59. The second kappa shape index (κ2) is 15.6. The van der Waals surface area contributed by atoms with Gasteiger partial charge in [0.1, 0.15) is 12.6 Å². The number of nitrogens with one attached hydrogen (secondary N) is 1. The summed E-state index contributed by atoms with van der Waals surface area (Å²) < 4.78 is 29.4. The molecular weight excluding hydrogens is 641 g/mol. The highest BCUT2D eigenvalue weighted by Gasteiger charge is 2.35. The summed E-state index contributed by atoms with van der Waals surface area (Å²) in [5, 5.41) is 3.43. The predicted molar refractivity (Wildman–Crippen MR) is 186 cm³/mol. The Morgan fingerprint density at radius 3 is 2.00 bits per heavy atom. The fourth-order valence-electron chi connectivity index (χ4n) is 4.89. The van der Waals surface area contributed by atoms with Gasteiger partial charge in [-0.25, -0.2) is 8.42 Å². The highest BCUT2D eigenvalue weighted by molar-refractivity contribution is 7.92. The minimum absolute atomic E-state index is 0.0115. The lowest BCUT2D eigenvalue weighted by Gasteiger charge is -2.34. The van der Waals surface area contributed by atoms with Crippen molar-refractivity contribution in [2.24, 2.45) is 0 Å². The van der Waals surface area contributed by atoms with Crippen LogP contribution in [0.1, 0.15) is 42.5 Å². The van der Waals surface area contributed by atoms with Crippen LogP contribution in [0.15, 0.2) is 102 Å². The molecular formula is C36H39Cl2N3O4S. The van der Waals surface area contributed by atoms with E-state index in [0.29, 0.717) is 6.42 Å². The lowest BCUT2D eigenvalue weighted by atomic mass is 10.0. The van der Waals surface area contributed by atoms with E-state index in [2.05, 4.69) is 5.32 Å². The molecule has 0 aliphatic carbocycles. The quantitative estimate of drug-likeness (QED) is 0.160. The number of anilines is 1. The van der Waals surface area contributed by atoms with Crippen LogP contribution >= 0.6 is 23.2 Å². The number of nitrogens with zero attached hydrogens (tertiary/aromatic N) is 2. The molecule has 2 amide bonds. The molecule has 4 aromatic rings. The number of carbonyl (C=O) groups excluding carboxylic acids is 2. The Labute approximate surface area is 282 Å². The molecule has 0 spiro atoms. The number of halogens is 2. The van der Waals surface area contributed by atoms with Crippen LogP contribution in [0.4, 0.5) is 5.69 Å². The molecule has 10 heteroatoms. The van der Waals surface area contributed by atoms with Gasteiger partial charge in [0, 0.05) is 19.0 Å². The van der Waals surface area contributed by atoms with E-state index in [1.54, 1.807) is 12.1 Å².